The highest BCUT2D eigenvalue weighted by atomic mass is 32.2. The molecule has 0 bridgehead atoms. The molecular formula is C13H18N2O2S. The number of rotatable bonds is 5. The van der Waals surface area contributed by atoms with Gasteiger partial charge in [-0.1, -0.05) is 18.2 Å². The summed E-state index contributed by atoms with van der Waals surface area (Å²) in [5, 5.41) is 14.2. The Bertz CT molecular complexity index is 431. The Morgan fingerprint density at radius 3 is 2.94 bits per heavy atom. The zero-order valence-corrected chi connectivity index (χ0v) is 11.3. The lowest BCUT2D eigenvalue weighted by molar-refractivity contribution is -0.385. The molecule has 1 fully saturated rings. The Hall–Kier alpha value is -1.07. The highest BCUT2D eigenvalue weighted by molar-refractivity contribution is 8.00. The van der Waals surface area contributed by atoms with Crippen molar-refractivity contribution in [3.63, 3.8) is 0 Å². The highest BCUT2D eigenvalue weighted by Crippen LogP contribution is 2.37. The van der Waals surface area contributed by atoms with E-state index in [2.05, 4.69) is 12.2 Å². The minimum absolute atomic E-state index is 0.203. The van der Waals surface area contributed by atoms with Crippen LogP contribution in [0.5, 0.6) is 0 Å². The van der Waals surface area contributed by atoms with Gasteiger partial charge in [-0.05, 0) is 25.5 Å². The standard InChI is InChI=1S/C13H18N2O2S/c1-13(7-4-8-18-13)10-14-9-11-5-2-3-6-12(11)15(16)17/h2-3,5-6,14H,4,7-10H2,1H3. The second-order valence-corrected chi connectivity index (χ2v) is 6.57. The number of hydrogen-bond donors (Lipinski definition) is 1. The summed E-state index contributed by atoms with van der Waals surface area (Å²) in [7, 11) is 0. The van der Waals surface area contributed by atoms with Crippen LogP contribution in [-0.4, -0.2) is 22.0 Å². The van der Waals surface area contributed by atoms with Crippen molar-refractivity contribution in [3.8, 4) is 0 Å². The number of nitrogens with zero attached hydrogens (tertiary/aromatic N) is 1. The van der Waals surface area contributed by atoms with Gasteiger partial charge in [-0.2, -0.15) is 11.8 Å². The molecule has 18 heavy (non-hydrogen) atoms. The van der Waals surface area contributed by atoms with E-state index in [4.69, 9.17) is 0 Å². The van der Waals surface area contributed by atoms with Crippen molar-refractivity contribution in [1.29, 1.82) is 0 Å². The lowest BCUT2D eigenvalue weighted by atomic mass is 10.1. The van der Waals surface area contributed by atoms with Crippen LogP contribution >= 0.6 is 11.8 Å². The fraction of sp³-hybridized carbons (Fsp3) is 0.538. The van der Waals surface area contributed by atoms with Gasteiger partial charge in [0.1, 0.15) is 0 Å². The number of para-hydroxylation sites is 1. The molecule has 0 aliphatic carbocycles. The van der Waals surface area contributed by atoms with Crippen molar-refractivity contribution < 1.29 is 4.92 Å². The van der Waals surface area contributed by atoms with Crippen LogP contribution in [0.4, 0.5) is 5.69 Å². The zero-order valence-electron chi connectivity index (χ0n) is 10.5. The number of nitro groups is 1. The summed E-state index contributed by atoms with van der Waals surface area (Å²) < 4.78 is 0.295. The molecule has 1 aliphatic heterocycles. The summed E-state index contributed by atoms with van der Waals surface area (Å²) in [6, 6.07) is 6.92. The first-order chi connectivity index (χ1) is 8.61. The predicted octanol–water partition coefficient (Wildman–Crippen LogP) is 2.97. The van der Waals surface area contributed by atoms with Crippen molar-refractivity contribution in [3.05, 3.63) is 39.9 Å². The average Bonchev–Trinajstić information content (AvgIpc) is 2.77. The van der Waals surface area contributed by atoms with Gasteiger partial charge in [-0.15, -0.1) is 0 Å². The molecule has 4 nitrogen and oxygen atoms in total. The average molecular weight is 266 g/mol. The first-order valence-electron chi connectivity index (χ1n) is 6.18. The SMILES string of the molecule is CC1(CNCc2ccccc2[N+](=O)[O-])CCCS1. The van der Waals surface area contributed by atoms with Gasteiger partial charge in [0.25, 0.3) is 5.69 Å². The van der Waals surface area contributed by atoms with Gasteiger partial charge >= 0.3 is 0 Å². The van der Waals surface area contributed by atoms with Gasteiger partial charge in [0.15, 0.2) is 0 Å². The molecule has 1 heterocycles. The lowest BCUT2D eigenvalue weighted by Crippen LogP contribution is -2.32. The van der Waals surface area contributed by atoms with Crippen molar-refractivity contribution in [2.75, 3.05) is 12.3 Å². The maximum absolute atomic E-state index is 10.9. The Morgan fingerprint density at radius 2 is 2.28 bits per heavy atom. The van der Waals surface area contributed by atoms with Crippen LogP contribution in [0.1, 0.15) is 25.3 Å². The monoisotopic (exact) mass is 266 g/mol. The summed E-state index contributed by atoms with van der Waals surface area (Å²) in [5.74, 6) is 1.23. The van der Waals surface area contributed by atoms with Crippen molar-refractivity contribution in [1.82, 2.24) is 5.32 Å². The third-order valence-electron chi connectivity index (χ3n) is 3.30. The molecule has 0 spiro atoms. The van der Waals surface area contributed by atoms with E-state index in [1.165, 1.54) is 18.6 Å². The Balaban J connectivity index is 1.92. The largest absolute Gasteiger partial charge is 0.311 e. The molecule has 1 unspecified atom stereocenters. The van der Waals surface area contributed by atoms with E-state index < -0.39 is 0 Å². The predicted molar refractivity (Wildman–Crippen MR) is 74.9 cm³/mol. The molecule has 0 saturated carbocycles. The number of hydrogen-bond acceptors (Lipinski definition) is 4. The van der Waals surface area contributed by atoms with Gasteiger partial charge in [0.05, 0.1) is 4.92 Å². The normalized spacial score (nSPS) is 23.2. The molecule has 0 aromatic heterocycles. The van der Waals surface area contributed by atoms with E-state index in [-0.39, 0.29) is 10.6 Å². The fourth-order valence-corrected chi connectivity index (χ4v) is 3.55. The van der Waals surface area contributed by atoms with Crippen LogP contribution in [-0.2, 0) is 6.54 Å². The summed E-state index contributed by atoms with van der Waals surface area (Å²) in [4.78, 5) is 10.6. The molecule has 0 radical (unpaired) electrons. The molecule has 1 saturated heterocycles. The van der Waals surface area contributed by atoms with E-state index in [1.807, 2.05) is 23.9 Å². The number of benzene rings is 1. The molecule has 5 heteroatoms. The minimum Gasteiger partial charge on any atom is -0.311 e. The molecule has 1 aliphatic rings. The highest BCUT2D eigenvalue weighted by Gasteiger charge is 2.28. The lowest BCUT2D eigenvalue weighted by Gasteiger charge is -2.22. The summed E-state index contributed by atoms with van der Waals surface area (Å²) in [6.45, 7) is 3.73. The first-order valence-corrected chi connectivity index (χ1v) is 7.16. The zero-order chi connectivity index (χ0) is 13.0. The summed E-state index contributed by atoms with van der Waals surface area (Å²) in [5.41, 5.74) is 0.961. The third kappa shape index (κ3) is 3.23. The van der Waals surface area contributed by atoms with Gasteiger partial charge < -0.3 is 5.32 Å². The van der Waals surface area contributed by atoms with Crippen molar-refractivity contribution >= 4 is 17.4 Å². The Morgan fingerprint density at radius 1 is 1.50 bits per heavy atom. The molecule has 1 aromatic rings. The van der Waals surface area contributed by atoms with Gasteiger partial charge in [-0.3, -0.25) is 10.1 Å². The quantitative estimate of drug-likeness (QED) is 0.657. The Kier molecular flexibility index (Phi) is 4.24. The smallest absolute Gasteiger partial charge is 0.273 e. The minimum atomic E-state index is -0.316. The van der Waals surface area contributed by atoms with Gasteiger partial charge in [0, 0.05) is 29.5 Å². The molecule has 1 N–H and O–H groups in total. The van der Waals surface area contributed by atoms with Crippen LogP contribution in [0.2, 0.25) is 0 Å². The van der Waals surface area contributed by atoms with Gasteiger partial charge in [0.2, 0.25) is 0 Å². The van der Waals surface area contributed by atoms with Gasteiger partial charge in [-0.25, -0.2) is 0 Å². The van der Waals surface area contributed by atoms with Crippen molar-refractivity contribution in [2.24, 2.45) is 0 Å². The van der Waals surface area contributed by atoms with E-state index in [1.54, 1.807) is 12.1 Å². The maximum atomic E-state index is 10.9. The molecule has 1 aromatic carbocycles. The number of nitro benzene ring substituents is 1. The first kappa shape index (κ1) is 13.4. The maximum Gasteiger partial charge on any atom is 0.273 e. The fourth-order valence-electron chi connectivity index (χ4n) is 2.28. The van der Waals surface area contributed by atoms with E-state index in [0.717, 1.165) is 12.1 Å². The molecule has 2 rings (SSSR count). The van der Waals surface area contributed by atoms with Crippen LogP contribution in [0.15, 0.2) is 24.3 Å². The number of nitrogens with one attached hydrogen (secondary N) is 1. The molecule has 0 amide bonds. The second kappa shape index (κ2) is 5.71. The Labute approximate surface area is 111 Å². The third-order valence-corrected chi connectivity index (χ3v) is 4.84. The van der Waals surface area contributed by atoms with Crippen molar-refractivity contribution in [2.45, 2.75) is 31.1 Å². The summed E-state index contributed by atoms with van der Waals surface area (Å²) >= 11 is 1.99. The topological polar surface area (TPSA) is 55.2 Å². The molecular weight excluding hydrogens is 248 g/mol. The number of thioether (sulfide) groups is 1. The summed E-state index contributed by atoms with van der Waals surface area (Å²) in [6.07, 6.45) is 2.50. The van der Waals surface area contributed by atoms with E-state index >= 15 is 0 Å². The van der Waals surface area contributed by atoms with Crippen LogP contribution in [0.25, 0.3) is 0 Å². The van der Waals surface area contributed by atoms with E-state index in [0.29, 0.717) is 11.3 Å². The van der Waals surface area contributed by atoms with Crippen LogP contribution < -0.4 is 5.32 Å². The van der Waals surface area contributed by atoms with E-state index in [9.17, 15) is 10.1 Å². The van der Waals surface area contributed by atoms with Crippen LogP contribution in [0.3, 0.4) is 0 Å². The molecule has 1 atom stereocenters. The molecule has 98 valence electrons. The second-order valence-electron chi connectivity index (χ2n) is 4.89. The van der Waals surface area contributed by atoms with Crippen LogP contribution in [0, 0.1) is 10.1 Å².